The predicted molar refractivity (Wildman–Crippen MR) is 106 cm³/mol. The van der Waals surface area contributed by atoms with Crippen LogP contribution in [0.1, 0.15) is 22.3 Å². The Hall–Kier alpha value is -2.35. The smallest absolute Gasteiger partial charge is 0.255 e. The van der Waals surface area contributed by atoms with Crippen molar-refractivity contribution >= 4 is 5.91 Å². The van der Waals surface area contributed by atoms with Crippen LogP contribution in [0.25, 0.3) is 0 Å². The Balaban J connectivity index is 1.32. The molecular weight excluding hydrogens is 371 g/mol. The highest BCUT2D eigenvalue weighted by Gasteiger charge is 2.56. The van der Waals surface area contributed by atoms with Gasteiger partial charge in [0.25, 0.3) is 5.91 Å². The van der Waals surface area contributed by atoms with Gasteiger partial charge in [-0.05, 0) is 36.2 Å². The Morgan fingerprint density at radius 2 is 1.97 bits per heavy atom. The molecule has 0 saturated carbocycles. The number of piperazine rings is 1. The number of aliphatic hydroxyl groups excluding tert-OH is 1. The van der Waals surface area contributed by atoms with Crippen LogP contribution in [0.2, 0.25) is 0 Å². The Bertz CT molecular complexity index is 885. The number of aliphatic hydroxyl groups is 1. The van der Waals surface area contributed by atoms with Crippen molar-refractivity contribution in [1.29, 1.82) is 0 Å². The minimum atomic E-state index is -0.337. The molecule has 2 unspecified atom stereocenters. The maximum Gasteiger partial charge on any atom is 0.255 e. The Morgan fingerprint density at radius 3 is 2.69 bits per heavy atom. The summed E-state index contributed by atoms with van der Waals surface area (Å²) in [7, 11) is 0. The molecule has 1 N–H and O–H groups in total. The van der Waals surface area contributed by atoms with Crippen molar-refractivity contribution in [3.05, 3.63) is 65.7 Å². The van der Waals surface area contributed by atoms with E-state index in [1.54, 1.807) is 24.5 Å². The van der Waals surface area contributed by atoms with Crippen molar-refractivity contribution in [2.45, 2.75) is 30.7 Å². The zero-order valence-corrected chi connectivity index (χ0v) is 16.2. The highest BCUT2D eigenvalue weighted by atomic mass is 19.1. The summed E-state index contributed by atoms with van der Waals surface area (Å²) in [6, 6.07) is 10.4. The third kappa shape index (κ3) is 3.43. The van der Waals surface area contributed by atoms with Crippen molar-refractivity contribution in [1.82, 2.24) is 19.7 Å². The number of fused-ring (bicyclic) bond motifs is 2. The number of likely N-dealkylation sites (tertiary alicyclic amines) is 1. The fourth-order valence-electron chi connectivity index (χ4n) is 5.27. The average molecular weight is 396 g/mol. The van der Waals surface area contributed by atoms with Crippen molar-refractivity contribution in [3.63, 3.8) is 0 Å². The number of β-amino-alcohol motifs (C(OH)–C–C–N with tert-alkyl or cyclic N) is 1. The maximum atomic E-state index is 13.2. The number of pyridine rings is 1. The molecular formula is C22H25FN4O2. The van der Waals surface area contributed by atoms with Gasteiger partial charge in [-0.15, -0.1) is 0 Å². The van der Waals surface area contributed by atoms with Crippen molar-refractivity contribution in [2.24, 2.45) is 0 Å². The molecule has 3 aliphatic rings. The summed E-state index contributed by atoms with van der Waals surface area (Å²) in [5.41, 5.74) is 1.56. The first-order chi connectivity index (χ1) is 14.0. The van der Waals surface area contributed by atoms with E-state index in [1.165, 1.54) is 12.1 Å². The Labute approximate surface area is 169 Å². The third-order valence-electron chi connectivity index (χ3n) is 6.47. The molecule has 0 bridgehead atoms. The van der Waals surface area contributed by atoms with Gasteiger partial charge < -0.3 is 10.0 Å². The van der Waals surface area contributed by atoms with Crippen LogP contribution in [0.3, 0.4) is 0 Å². The molecule has 4 heterocycles. The lowest BCUT2D eigenvalue weighted by molar-refractivity contribution is -0.108. The number of rotatable bonds is 3. The number of benzene rings is 1. The molecule has 5 rings (SSSR count). The van der Waals surface area contributed by atoms with Gasteiger partial charge in [0, 0.05) is 57.7 Å². The monoisotopic (exact) mass is 396 g/mol. The van der Waals surface area contributed by atoms with Crippen LogP contribution in [0.5, 0.6) is 0 Å². The summed E-state index contributed by atoms with van der Waals surface area (Å²) in [6.45, 7) is 4.41. The fraction of sp³-hybridized carbons (Fsp3) is 0.455. The lowest BCUT2D eigenvalue weighted by Gasteiger charge is -2.61. The molecule has 0 radical (unpaired) electrons. The molecule has 152 valence electrons. The lowest BCUT2D eigenvalue weighted by Crippen LogP contribution is -2.78. The van der Waals surface area contributed by atoms with Gasteiger partial charge in [-0.1, -0.05) is 12.1 Å². The van der Waals surface area contributed by atoms with Crippen molar-refractivity contribution < 1.29 is 14.3 Å². The van der Waals surface area contributed by atoms with Crippen LogP contribution in [-0.2, 0) is 6.54 Å². The van der Waals surface area contributed by atoms with Gasteiger partial charge in [0.1, 0.15) is 5.82 Å². The minimum Gasteiger partial charge on any atom is -0.392 e. The second-order valence-corrected chi connectivity index (χ2v) is 8.62. The number of nitrogens with zero attached hydrogens (tertiary/aromatic N) is 4. The molecule has 3 aliphatic heterocycles. The highest BCUT2D eigenvalue weighted by Crippen LogP contribution is 2.39. The topological polar surface area (TPSA) is 59.9 Å². The summed E-state index contributed by atoms with van der Waals surface area (Å²) < 4.78 is 13.2. The fourth-order valence-corrected chi connectivity index (χ4v) is 5.27. The van der Waals surface area contributed by atoms with Crippen LogP contribution in [0, 0.1) is 5.82 Å². The van der Waals surface area contributed by atoms with E-state index in [9.17, 15) is 14.3 Å². The number of aromatic nitrogens is 1. The first-order valence-corrected chi connectivity index (χ1v) is 10.1. The standard InChI is InChI=1S/C22H25FN4O2/c23-18-5-3-16(4-6-18)10-25-13-22(14-25)15-26(11-19-8-20(28)12-27(19)22)21(29)17-2-1-7-24-9-17/h1-7,9,19-20,28H,8,10-15H2. The third-order valence-corrected chi connectivity index (χ3v) is 6.47. The molecule has 2 aromatic rings. The zero-order valence-electron chi connectivity index (χ0n) is 16.2. The number of amides is 1. The molecule has 6 nitrogen and oxygen atoms in total. The van der Waals surface area contributed by atoms with Crippen LogP contribution >= 0.6 is 0 Å². The zero-order chi connectivity index (χ0) is 20.0. The number of carbonyl (C=O) groups is 1. The number of hydrogen-bond acceptors (Lipinski definition) is 5. The van der Waals surface area contributed by atoms with Crippen LogP contribution < -0.4 is 0 Å². The first kappa shape index (κ1) is 18.7. The summed E-state index contributed by atoms with van der Waals surface area (Å²) >= 11 is 0. The SMILES string of the molecule is O=C(c1cccnc1)N1CC2CC(O)CN2C2(CN(Cc3ccc(F)cc3)C2)C1. The van der Waals surface area contributed by atoms with E-state index in [1.807, 2.05) is 17.0 Å². The summed E-state index contributed by atoms with van der Waals surface area (Å²) in [4.78, 5) is 23.8. The maximum absolute atomic E-state index is 13.2. The lowest BCUT2D eigenvalue weighted by atomic mass is 9.83. The number of hydrogen-bond donors (Lipinski definition) is 1. The summed E-state index contributed by atoms with van der Waals surface area (Å²) in [5, 5.41) is 10.3. The summed E-state index contributed by atoms with van der Waals surface area (Å²) in [5.74, 6) is -0.213. The molecule has 3 fully saturated rings. The minimum absolute atomic E-state index is 0.00972. The van der Waals surface area contributed by atoms with Gasteiger partial charge in [0.15, 0.2) is 0 Å². The predicted octanol–water partition coefficient (Wildman–Crippen LogP) is 1.37. The van der Waals surface area contributed by atoms with E-state index >= 15 is 0 Å². The van der Waals surface area contributed by atoms with Gasteiger partial charge in [-0.3, -0.25) is 19.6 Å². The number of halogens is 1. The molecule has 7 heteroatoms. The van der Waals surface area contributed by atoms with Crippen LogP contribution in [-0.4, -0.2) is 81.1 Å². The number of carbonyl (C=O) groups excluding carboxylic acids is 1. The van der Waals surface area contributed by atoms with Crippen LogP contribution in [0.15, 0.2) is 48.8 Å². The molecule has 1 aromatic carbocycles. The normalized spacial score (nSPS) is 26.3. The second kappa shape index (κ2) is 7.16. The molecule has 2 atom stereocenters. The Kier molecular flexibility index (Phi) is 4.61. The van der Waals surface area contributed by atoms with E-state index in [0.29, 0.717) is 31.6 Å². The molecule has 1 amide bonds. The van der Waals surface area contributed by atoms with E-state index in [0.717, 1.165) is 25.2 Å². The van der Waals surface area contributed by atoms with E-state index in [4.69, 9.17) is 0 Å². The van der Waals surface area contributed by atoms with E-state index in [-0.39, 0.29) is 29.4 Å². The van der Waals surface area contributed by atoms with Gasteiger partial charge in [-0.2, -0.15) is 0 Å². The average Bonchev–Trinajstić information content (AvgIpc) is 3.09. The van der Waals surface area contributed by atoms with Crippen molar-refractivity contribution in [3.8, 4) is 0 Å². The Morgan fingerprint density at radius 1 is 1.17 bits per heavy atom. The molecule has 3 saturated heterocycles. The largest absolute Gasteiger partial charge is 0.392 e. The quantitative estimate of drug-likeness (QED) is 0.849. The van der Waals surface area contributed by atoms with Gasteiger partial charge in [0.2, 0.25) is 0 Å². The summed E-state index contributed by atoms with van der Waals surface area (Å²) in [6.07, 6.45) is 3.66. The second-order valence-electron chi connectivity index (χ2n) is 8.62. The molecule has 29 heavy (non-hydrogen) atoms. The van der Waals surface area contributed by atoms with Crippen molar-refractivity contribution in [2.75, 3.05) is 32.7 Å². The molecule has 1 spiro atoms. The molecule has 0 aliphatic carbocycles. The highest BCUT2D eigenvalue weighted by molar-refractivity contribution is 5.94. The van der Waals surface area contributed by atoms with Gasteiger partial charge in [-0.25, -0.2) is 4.39 Å². The van der Waals surface area contributed by atoms with Crippen LogP contribution in [0.4, 0.5) is 4.39 Å². The van der Waals surface area contributed by atoms with E-state index < -0.39 is 0 Å². The van der Waals surface area contributed by atoms with E-state index in [2.05, 4.69) is 14.8 Å². The van der Waals surface area contributed by atoms with Gasteiger partial charge >= 0.3 is 0 Å². The molecule has 1 aromatic heterocycles. The first-order valence-electron chi connectivity index (χ1n) is 10.1. The van der Waals surface area contributed by atoms with Gasteiger partial charge in [0.05, 0.1) is 17.2 Å².